The van der Waals surface area contributed by atoms with Crippen LogP contribution in [-0.4, -0.2) is 51.6 Å². The van der Waals surface area contributed by atoms with Crippen LogP contribution < -0.4 is 9.62 Å². The van der Waals surface area contributed by atoms with Crippen molar-refractivity contribution in [2.75, 3.05) is 35.8 Å². The third-order valence-corrected chi connectivity index (χ3v) is 7.87. The third kappa shape index (κ3) is 4.93. The molecule has 0 aliphatic carbocycles. The Morgan fingerprint density at radius 2 is 1.69 bits per heavy atom. The predicted molar refractivity (Wildman–Crippen MR) is 139 cm³/mol. The van der Waals surface area contributed by atoms with Crippen molar-refractivity contribution < 1.29 is 13.2 Å². The monoisotopic (exact) mass is 488 g/mol. The highest BCUT2D eigenvalue weighted by atomic mass is 32.2. The number of sulfonamides is 1. The molecule has 0 radical (unpaired) electrons. The third-order valence-electron chi connectivity index (χ3n) is 6.45. The van der Waals surface area contributed by atoms with E-state index in [0.717, 1.165) is 31.5 Å². The van der Waals surface area contributed by atoms with Crippen LogP contribution in [0.1, 0.15) is 27.9 Å². The van der Waals surface area contributed by atoms with Gasteiger partial charge in [-0.1, -0.05) is 24.3 Å². The molecule has 35 heavy (non-hydrogen) atoms. The van der Waals surface area contributed by atoms with E-state index in [0.29, 0.717) is 30.0 Å². The van der Waals surface area contributed by atoms with Crippen LogP contribution >= 0.6 is 0 Å². The van der Waals surface area contributed by atoms with Crippen LogP contribution in [0.4, 0.5) is 17.1 Å². The summed E-state index contributed by atoms with van der Waals surface area (Å²) in [6.07, 6.45) is 3.33. The molecule has 1 N–H and O–H groups in total. The van der Waals surface area contributed by atoms with Gasteiger partial charge in [0.1, 0.15) is 4.90 Å². The van der Waals surface area contributed by atoms with Crippen molar-refractivity contribution in [1.29, 1.82) is 0 Å². The standard InChI is InChI=1S/C27H28N4O3S/c1-20-5-2-8-24(19-20)30-15-17-31(18-16-30)27(32)22-10-12-23(13-11-22)29-35(33,34)25-9-3-6-21-7-4-14-28-26(21)25/h2-3,5-6,8-14,19,29H,4,7,15-18H2,1H3. The molecule has 180 valence electrons. The Morgan fingerprint density at radius 3 is 2.43 bits per heavy atom. The number of fused-ring (bicyclic) bond motifs is 1. The molecule has 7 nitrogen and oxygen atoms in total. The normalized spacial score (nSPS) is 15.6. The fourth-order valence-electron chi connectivity index (χ4n) is 4.57. The van der Waals surface area contributed by atoms with E-state index in [1.807, 2.05) is 11.0 Å². The molecule has 1 saturated heterocycles. The van der Waals surface area contributed by atoms with Gasteiger partial charge in [0.25, 0.3) is 15.9 Å². The molecule has 0 bridgehead atoms. The summed E-state index contributed by atoms with van der Waals surface area (Å²) in [7, 11) is -3.81. The van der Waals surface area contributed by atoms with Gasteiger partial charge < -0.3 is 9.80 Å². The summed E-state index contributed by atoms with van der Waals surface area (Å²) in [5, 5.41) is 0. The molecule has 3 aromatic carbocycles. The summed E-state index contributed by atoms with van der Waals surface area (Å²) in [5.74, 6) is -0.0465. The second kappa shape index (κ2) is 9.54. The lowest BCUT2D eigenvalue weighted by molar-refractivity contribution is 0.0747. The number of piperazine rings is 1. The summed E-state index contributed by atoms with van der Waals surface area (Å²) in [6, 6.07) is 20.2. The molecule has 0 spiro atoms. The maximum Gasteiger partial charge on any atom is 0.264 e. The van der Waals surface area contributed by atoms with Crippen molar-refractivity contribution in [2.45, 2.75) is 24.7 Å². The second-order valence-corrected chi connectivity index (χ2v) is 10.6. The Kier molecular flexibility index (Phi) is 6.30. The van der Waals surface area contributed by atoms with Gasteiger partial charge in [-0.15, -0.1) is 0 Å². The quantitative estimate of drug-likeness (QED) is 0.577. The topological polar surface area (TPSA) is 82.1 Å². The molecular weight excluding hydrogens is 460 g/mol. The van der Waals surface area contributed by atoms with Crippen LogP contribution in [0.5, 0.6) is 0 Å². The number of nitrogens with zero attached hydrogens (tertiary/aromatic N) is 3. The van der Waals surface area contributed by atoms with E-state index in [2.05, 4.69) is 45.8 Å². The van der Waals surface area contributed by atoms with E-state index < -0.39 is 10.0 Å². The van der Waals surface area contributed by atoms with Gasteiger partial charge in [0.05, 0.1) is 5.69 Å². The first-order chi connectivity index (χ1) is 16.9. The lowest BCUT2D eigenvalue weighted by atomic mass is 10.1. The number of aryl methyl sites for hydroxylation is 2. The first kappa shape index (κ1) is 23.1. The molecule has 1 fully saturated rings. The minimum Gasteiger partial charge on any atom is -0.368 e. The maximum atomic E-state index is 13.0. The van der Waals surface area contributed by atoms with E-state index >= 15 is 0 Å². The van der Waals surface area contributed by atoms with Gasteiger partial charge in [0.15, 0.2) is 0 Å². The van der Waals surface area contributed by atoms with Crippen molar-refractivity contribution >= 4 is 39.2 Å². The van der Waals surface area contributed by atoms with E-state index in [-0.39, 0.29) is 10.8 Å². The van der Waals surface area contributed by atoms with Crippen molar-refractivity contribution in [3.05, 3.63) is 83.4 Å². The molecule has 0 saturated carbocycles. The fourth-order valence-corrected chi connectivity index (χ4v) is 5.83. The van der Waals surface area contributed by atoms with Crippen molar-refractivity contribution in [1.82, 2.24) is 4.90 Å². The van der Waals surface area contributed by atoms with Crippen LogP contribution in [0.3, 0.4) is 0 Å². The minimum atomic E-state index is -3.81. The first-order valence-electron chi connectivity index (χ1n) is 11.8. The fraction of sp³-hybridized carbons (Fsp3) is 0.259. The van der Waals surface area contributed by atoms with Crippen LogP contribution in [-0.2, 0) is 16.4 Å². The van der Waals surface area contributed by atoms with Gasteiger partial charge in [-0.2, -0.15) is 0 Å². The highest BCUT2D eigenvalue weighted by molar-refractivity contribution is 7.92. The Balaban J connectivity index is 1.24. The molecule has 3 aromatic rings. The number of carbonyl (C=O) groups is 1. The summed E-state index contributed by atoms with van der Waals surface area (Å²) < 4.78 is 28.7. The number of amides is 1. The van der Waals surface area contributed by atoms with Crippen LogP contribution in [0, 0.1) is 6.92 Å². The number of benzene rings is 3. The molecule has 0 aromatic heterocycles. The number of hydrogen-bond acceptors (Lipinski definition) is 5. The minimum absolute atomic E-state index is 0.0465. The number of anilines is 2. The van der Waals surface area contributed by atoms with Crippen molar-refractivity contribution in [3.63, 3.8) is 0 Å². The molecular formula is C27H28N4O3S. The van der Waals surface area contributed by atoms with Gasteiger partial charge in [-0.3, -0.25) is 14.5 Å². The van der Waals surface area contributed by atoms with E-state index in [1.54, 1.807) is 42.6 Å². The largest absolute Gasteiger partial charge is 0.368 e. The zero-order valence-electron chi connectivity index (χ0n) is 19.6. The Hall–Kier alpha value is -3.65. The zero-order valence-corrected chi connectivity index (χ0v) is 20.5. The number of hydrogen-bond donors (Lipinski definition) is 1. The van der Waals surface area contributed by atoms with E-state index in [1.165, 1.54) is 11.3 Å². The van der Waals surface area contributed by atoms with Gasteiger partial charge >= 0.3 is 0 Å². The molecule has 2 heterocycles. The second-order valence-electron chi connectivity index (χ2n) is 8.92. The summed E-state index contributed by atoms with van der Waals surface area (Å²) >= 11 is 0. The highest BCUT2D eigenvalue weighted by Crippen LogP contribution is 2.32. The van der Waals surface area contributed by atoms with Gasteiger partial charge in [-0.05, 0) is 73.4 Å². The summed E-state index contributed by atoms with van der Waals surface area (Å²) in [6.45, 7) is 4.91. The van der Waals surface area contributed by atoms with E-state index in [4.69, 9.17) is 0 Å². The number of rotatable bonds is 5. The predicted octanol–water partition coefficient (Wildman–Crippen LogP) is 4.41. The van der Waals surface area contributed by atoms with Crippen molar-refractivity contribution in [3.8, 4) is 0 Å². The van der Waals surface area contributed by atoms with Crippen molar-refractivity contribution in [2.24, 2.45) is 4.99 Å². The smallest absolute Gasteiger partial charge is 0.264 e. The average molecular weight is 489 g/mol. The molecule has 2 aliphatic heterocycles. The highest BCUT2D eigenvalue weighted by Gasteiger charge is 2.24. The Bertz CT molecular complexity index is 1380. The Labute approximate surface area is 206 Å². The zero-order chi connectivity index (χ0) is 24.4. The molecule has 0 atom stereocenters. The van der Waals surface area contributed by atoms with Crippen LogP contribution in [0.25, 0.3) is 0 Å². The lowest BCUT2D eigenvalue weighted by Crippen LogP contribution is -2.48. The summed E-state index contributed by atoms with van der Waals surface area (Å²) in [4.78, 5) is 21.7. The molecule has 5 rings (SSSR count). The lowest BCUT2D eigenvalue weighted by Gasteiger charge is -2.36. The van der Waals surface area contributed by atoms with Gasteiger partial charge in [-0.25, -0.2) is 8.42 Å². The first-order valence-corrected chi connectivity index (χ1v) is 13.3. The molecule has 1 amide bonds. The number of aliphatic imine (C=N–C) groups is 1. The van der Waals surface area contributed by atoms with Crippen LogP contribution in [0.15, 0.2) is 76.6 Å². The maximum absolute atomic E-state index is 13.0. The van der Waals surface area contributed by atoms with Gasteiger partial charge in [0.2, 0.25) is 0 Å². The van der Waals surface area contributed by atoms with Gasteiger partial charge in [0, 0.05) is 49.3 Å². The number of carbonyl (C=O) groups excluding carboxylic acids is 1. The molecule has 0 unspecified atom stereocenters. The molecule has 8 heteroatoms. The number of para-hydroxylation sites is 1. The SMILES string of the molecule is Cc1cccc(N2CCN(C(=O)c3ccc(NS(=O)(=O)c4cccc5c4N=CCC5)cc3)CC2)c1. The van der Waals surface area contributed by atoms with E-state index in [9.17, 15) is 13.2 Å². The summed E-state index contributed by atoms with van der Waals surface area (Å²) in [5.41, 5.74) is 4.78. The molecule has 2 aliphatic rings. The average Bonchev–Trinajstić information content (AvgIpc) is 2.88. The van der Waals surface area contributed by atoms with Crippen LogP contribution in [0.2, 0.25) is 0 Å². The number of nitrogens with one attached hydrogen (secondary N) is 1. The Morgan fingerprint density at radius 1 is 0.943 bits per heavy atom.